The second kappa shape index (κ2) is 11.2. The molecule has 4 amide bonds. The summed E-state index contributed by atoms with van der Waals surface area (Å²) in [5, 5.41) is 17.2. The summed E-state index contributed by atoms with van der Waals surface area (Å²) in [5.41, 5.74) is 0.948. The van der Waals surface area contributed by atoms with Gasteiger partial charge in [-0.25, -0.2) is 14.6 Å². The Bertz CT molecular complexity index is 1680. The second-order valence-electron chi connectivity index (χ2n) is 11.4. The molecule has 2 atom stereocenters. The fourth-order valence-corrected chi connectivity index (χ4v) is 6.14. The lowest BCUT2D eigenvalue weighted by Crippen LogP contribution is -2.55. The summed E-state index contributed by atoms with van der Waals surface area (Å²) in [6.45, 7) is 5.69. The number of hydrogen-bond donors (Lipinski definition) is 3. The topological polar surface area (TPSA) is 133 Å². The number of nitrogens with zero attached hydrogens (tertiary/aromatic N) is 3. The molecule has 0 radical (unpaired) electrons. The minimum atomic E-state index is -0.983. The van der Waals surface area contributed by atoms with Gasteiger partial charge in [-0.05, 0) is 69.7 Å². The lowest BCUT2D eigenvalue weighted by Gasteiger charge is -2.36. The van der Waals surface area contributed by atoms with Crippen molar-refractivity contribution in [3.05, 3.63) is 71.7 Å². The molecule has 43 heavy (non-hydrogen) atoms. The Labute approximate surface area is 252 Å². The number of nitrogens with one attached hydrogen (secondary N) is 2. The van der Waals surface area contributed by atoms with Crippen LogP contribution in [0.1, 0.15) is 36.9 Å². The van der Waals surface area contributed by atoms with E-state index in [0.29, 0.717) is 51.7 Å². The summed E-state index contributed by atoms with van der Waals surface area (Å²) in [6, 6.07) is 17.3. The second-order valence-corrected chi connectivity index (χ2v) is 12.4. The molecule has 6 rings (SSSR count). The maximum absolute atomic E-state index is 13.5. The summed E-state index contributed by atoms with van der Waals surface area (Å²) in [7, 11) is 0. The van der Waals surface area contributed by atoms with Gasteiger partial charge in [-0.2, -0.15) is 0 Å². The van der Waals surface area contributed by atoms with Crippen LogP contribution in [0.25, 0.3) is 10.2 Å². The summed E-state index contributed by atoms with van der Waals surface area (Å²) in [5.74, 6) is 0.896. The molecule has 2 aliphatic rings. The maximum Gasteiger partial charge on any atom is 0.410 e. The number of ether oxygens (including phenoxy) is 2. The molecule has 4 heterocycles. The first-order chi connectivity index (χ1) is 20.6. The molecular formula is C31H31N5O6S. The predicted molar refractivity (Wildman–Crippen MR) is 163 cm³/mol. The smallest absolute Gasteiger partial charge is 0.410 e. The van der Waals surface area contributed by atoms with Crippen molar-refractivity contribution in [2.75, 3.05) is 23.3 Å². The first-order valence-corrected chi connectivity index (χ1v) is 14.7. The number of hydrogen-bond acceptors (Lipinski definition) is 8. The van der Waals surface area contributed by atoms with Crippen molar-refractivity contribution < 1.29 is 29.0 Å². The van der Waals surface area contributed by atoms with Crippen molar-refractivity contribution in [2.24, 2.45) is 0 Å². The van der Waals surface area contributed by atoms with Crippen LogP contribution in [0.3, 0.4) is 0 Å². The van der Waals surface area contributed by atoms with Gasteiger partial charge in [0.1, 0.15) is 26.8 Å². The van der Waals surface area contributed by atoms with Crippen molar-refractivity contribution in [3.63, 3.8) is 0 Å². The number of rotatable bonds is 5. The number of carbonyl (C=O) groups is 3. The van der Waals surface area contributed by atoms with Gasteiger partial charge in [0.2, 0.25) is 0 Å². The lowest BCUT2D eigenvalue weighted by molar-refractivity contribution is -0.00406. The van der Waals surface area contributed by atoms with Crippen LogP contribution in [0.4, 0.5) is 26.7 Å². The minimum Gasteiger partial charge on any atom is -0.457 e. The molecule has 1 fully saturated rings. The van der Waals surface area contributed by atoms with Crippen LogP contribution in [0.15, 0.2) is 66.9 Å². The van der Waals surface area contributed by atoms with Crippen molar-refractivity contribution in [2.45, 2.75) is 44.9 Å². The first-order valence-electron chi connectivity index (χ1n) is 13.9. The molecule has 2 aliphatic heterocycles. The van der Waals surface area contributed by atoms with E-state index in [1.54, 1.807) is 57.3 Å². The van der Waals surface area contributed by atoms with E-state index >= 15 is 0 Å². The van der Waals surface area contributed by atoms with Crippen LogP contribution in [0, 0.1) is 0 Å². The Morgan fingerprint density at radius 1 is 1.07 bits per heavy atom. The van der Waals surface area contributed by atoms with Gasteiger partial charge >= 0.3 is 12.1 Å². The van der Waals surface area contributed by atoms with Gasteiger partial charge in [0.15, 0.2) is 0 Å². The Morgan fingerprint density at radius 2 is 1.79 bits per heavy atom. The van der Waals surface area contributed by atoms with E-state index in [4.69, 9.17) is 9.47 Å². The maximum atomic E-state index is 13.5. The molecule has 11 nitrogen and oxygen atoms in total. The van der Waals surface area contributed by atoms with Gasteiger partial charge in [0, 0.05) is 12.7 Å². The van der Waals surface area contributed by atoms with E-state index in [2.05, 4.69) is 15.6 Å². The molecule has 4 aromatic rings. The van der Waals surface area contributed by atoms with Crippen molar-refractivity contribution in [1.29, 1.82) is 0 Å². The van der Waals surface area contributed by atoms with Crippen LogP contribution in [-0.2, 0) is 4.74 Å². The molecular weight excluding hydrogens is 570 g/mol. The monoisotopic (exact) mass is 601 g/mol. The van der Waals surface area contributed by atoms with Crippen LogP contribution in [-0.4, -0.2) is 63.9 Å². The number of β-amino-alcohol motifs (C(OH)–C–C–N with tert-alkyl or cyclic N) is 1. The summed E-state index contributed by atoms with van der Waals surface area (Å²) >= 11 is 1.16. The highest BCUT2D eigenvalue weighted by Gasteiger charge is 2.36. The normalized spacial score (nSPS) is 18.3. The largest absolute Gasteiger partial charge is 0.457 e. The minimum absolute atomic E-state index is 0.0334. The van der Waals surface area contributed by atoms with Gasteiger partial charge in [-0.1, -0.05) is 18.2 Å². The summed E-state index contributed by atoms with van der Waals surface area (Å²) in [6.07, 6.45) is 0.465. The molecule has 1 saturated heterocycles. The van der Waals surface area contributed by atoms with Gasteiger partial charge in [0.05, 0.1) is 41.1 Å². The van der Waals surface area contributed by atoms with E-state index in [1.165, 1.54) is 9.80 Å². The molecule has 2 aromatic carbocycles. The highest BCUT2D eigenvalue weighted by molar-refractivity contribution is 7.21. The molecule has 3 N–H and O–H groups in total. The van der Waals surface area contributed by atoms with Crippen molar-refractivity contribution in [3.8, 4) is 11.5 Å². The molecule has 0 saturated carbocycles. The molecule has 0 bridgehead atoms. The van der Waals surface area contributed by atoms with Crippen molar-refractivity contribution in [1.82, 2.24) is 15.2 Å². The first kappa shape index (κ1) is 28.4. The zero-order chi connectivity index (χ0) is 30.3. The Morgan fingerprint density at radius 3 is 2.49 bits per heavy atom. The molecule has 0 aliphatic carbocycles. The van der Waals surface area contributed by atoms with E-state index in [-0.39, 0.29) is 11.4 Å². The number of aliphatic hydroxyl groups is 1. The summed E-state index contributed by atoms with van der Waals surface area (Å²) < 4.78 is 11.3. The van der Waals surface area contributed by atoms with Crippen LogP contribution < -0.4 is 20.3 Å². The molecule has 12 heteroatoms. The number of para-hydroxylation sites is 1. The number of aromatic nitrogens is 1. The third kappa shape index (κ3) is 5.84. The van der Waals surface area contributed by atoms with E-state index in [1.807, 2.05) is 30.3 Å². The fourth-order valence-electron chi connectivity index (χ4n) is 5.11. The number of benzene rings is 2. The molecule has 222 valence electrons. The number of aliphatic hydroxyl groups excluding tert-OH is 1. The van der Waals surface area contributed by atoms with E-state index in [9.17, 15) is 19.5 Å². The van der Waals surface area contributed by atoms with Crippen LogP contribution in [0.2, 0.25) is 0 Å². The van der Waals surface area contributed by atoms with Gasteiger partial charge < -0.3 is 30.1 Å². The van der Waals surface area contributed by atoms with E-state index < -0.39 is 35.8 Å². The lowest BCUT2D eigenvalue weighted by atomic mass is 10.0. The average Bonchev–Trinajstić information content (AvgIpc) is 3.34. The number of anilines is 3. The highest BCUT2D eigenvalue weighted by Crippen LogP contribution is 2.46. The Kier molecular flexibility index (Phi) is 7.40. The zero-order valence-corrected chi connectivity index (χ0v) is 24.7. The quantitative estimate of drug-likeness (QED) is 0.260. The Hall–Kier alpha value is -4.68. The number of amides is 4. The van der Waals surface area contributed by atoms with Crippen LogP contribution >= 0.6 is 11.3 Å². The number of thiophene rings is 1. The average molecular weight is 602 g/mol. The summed E-state index contributed by atoms with van der Waals surface area (Å²) in [4.78, 5) is 47.6. The predicted octanol–water partition coefficient (Wildman–Crippen LogP) is 5.87. The SMILES string of the molecule is CC(C)(C)OC(=O)N1CC[C@@H](NC(=O)c2sc3nccc4c3c2NC(=O)N4c2ccc(Oc3ccccc3)cc2)[C@H](O)C1. The number of piperidine rings is 1. The van der Waals surface area contributed by atoms with Gasteiger partial charge in [-0.3, -0.25) is 9.69 Å². The highest BCUT2D eigenvalue weighted by atomic mass is 32.1. The number of likely N-dealkylation sites (tertiary alicyclic amines) is 1. The number of urea groups is 1. The zero-order valence-electron chi connectivity index (χ0n) is 23.9. The van der Waals surface area contributed by atoms with Crippen molar-refractivity contribution >= 4 is 56.6 Å². The molecule has 0 spiro atoms. The number of pyridine rings is 1. The van der Waals surface area contributed by atoms with Gasteiger partial charge in [0.25, 0.3) is 5.91 Å². The molecule has 0 unspecified atom stereocenters. The third-order valence-electron chi connectivity index (χ3n) is 7.08. The third-order valence-corrected chi connectivity index (χ3v) is 8.17. The van der Waals surface area contributed by atoms with Gasteiger partial charge in [-0.15, -0.1) is 11.3 Å². The number of carbonyl (C=O) groups excluding carboxylic acids is 3. The standard InChI is InChI=1S/C31H31N5O6S/c1-31(2,3)42-30(40)35-16-14-21(23(37)17-35)33-27(38)26-25-24-22(13-15-32-28(24)43-26)36(29(39)34-25)18-9-11-20(12-10-18)41-19-7-5-4-6-8-19/h4-13,15,21,23,37H,14,16-17H2,1-3H3,(H,33,38)(H,34,39)/t21-,23-/m1/s1. The molecule has 2 aromatic heterocycles. The van der Waals surface area contributed by atoms with E-state index in [0.717, 1.165) is 11.3 Å². The Balaban J connectivity index is 1.20. The van der Waals surface area contributed by atoms with Crippen LogP contribution in [0.5, 0.6) is 11.5 Å². The fraction of sp³-hybridized carbons (Fsp3) is 0.290.